The second kappa shape index (κ2) is 8.81. The van der Waals surface area contributed by atoms with Gasteiger partial charge >= 0.3 is 0 Å². The number of aromatic hydroxyl groups is 1. The largest absolute Gasteiger partial charge is 0.507 e. The molecule has 2 N–H and O–H groups in total. The van der Waals surface area contributed by atoms with E-state index in [1.807, 2.05) is 12.1 Å². The zero-order chi connectivity index (χ0) is 22.1. The molecule has 162 valence electrons. The molecule has 2 atom stereocenters. The van der Waals surface area contributed by atoms with Crippen molar-refractivity contribution in [2.24, 2.45) is 10.9 Å². The fourth-order valence-corrected chi connectivity index (χ4v) is 5.89. The maximum absolute atomic E-state index is 12.5. The number of sulfone groups is 1. The first-order valence-corrected chi connectivity index (χ1v) is 12.5. The van der Waals surface area contributed by atoms with Crippen LogP contribution in [0.1, 0.15) is 37.5 Å². The van der Waals surface area contributed by atoms with Crippen LogP contribution in [0.15, 0.2) is 51.9 Å². The zero-order valence-corrected chi connectivity index (χ0v) is 19.9. The van der Waals surface area contributed by atoms with Crippen LogP contribution in [0.3, 0.4) is 0 Å². The summed E-state index contributed by atoms with van der Waals surface area (Å²) in [6.07, 6.45) is -0.524. The molecule has 0 unspecified atom stereocenters. The lowest BCUT2D eigenvalue weighted by Gasteiger charge is -2.29. The SMILES string of the molecule is CC(C)(C)c1cccc(C/N=C2\CS(=O)(=O)C[C@@H](Cc3ccc(O)c(Br)c3)[C@@H]2O)c1. The van der Waals surface area contributed by atoms with Gasteiger partial charge in [0.25, 0.3) is 0 Å². The van der Waals surface area contributed by atoms with Gasteiger partial charge in [0, 0.05) is 5.92 Å². The van der Waals surface area contributed by atoms with Crippen LogP contribution in [0, 0.1) is 5.92 Å². The Hall–Kier alpha value is -1.70. The highest BCUT2D eigenvalue weighted by Crippen LogP contribution is 2.28. The molecule has 1 aliphatic heterocycles. The minimum Gasteiger partial charge on any atom is -0.507 e. The molecule has 3 rings (SSSR count). The molecule has 30 heavy (non-hydrogen) atoms. The molecule has 1 saturated heterocycles. The third kappa shape index (κ3) is 5.71. The first kappa shape index (κ1) is 23.0. The molecule has 0 spiro atoms. The molecule has 0 amide bonds. The van der Waals surface area contributed by atoms with Crippen molar-refractivity contribution in [1.82, 2.24) is 0 Å². The summed E-state index contributed by atoms with van der Waals surface area (Å²) in [5.74, 6) is -0.635. The monoisotopic (exact) mass is 493 g/mol. The number of benzene rings is 2. The molecule has 0 aliphatic carbocycles. The van der Waals surface area contributed by atoms with Gasteiger partial charge in [-0.2, -0.15) is 0 Å². The molecule has 0 radical (unpaired) electrons. The van der Waals surface area contributed by atoms with Crippen LogP contribution in [-0.4, -0.2) is 42.0 Å². The molecule has 5 nitrogen and oxygen atoms in total. The average molecular weight is 494 g/mol. The van der Waals surface area contributed by atoms with Gasteiger partial charge in [0.2, 0.25) is 0 Å². The molecule has 2 aromatic rings. The number of hydrogen-bond acceptors (Lipinski definition) is 5. The molecule has 7 heteroatoms. The van der Waals surface area contributed by atoms with Crippen molar-refractivity contribution in [2.75, 3.05) is 11.5 Å². The van der Waals surface area contributed by atoms with Crippen molar-refractivity contribution in [3.63, 3.8) is 0 Å². The molecule has 0 saturated carbocycles. The number of phenols is 1. The summed E-state index contributed by atoms with van der Waals surface area (Å²) < 4.78 is 25.5. The Kier molecular flexibility index (Phi) is 6.75. The molecule has 1 heterocycles. The first-order valence-electron chi connectivity index (χ1n) is 9.93. The highest BCUT2D eigenvalue weighted by molar-refractivity contribution is 9.10. The van der Waals surface area contributed by atoms with Crippen LogP contribution in [-0.2, 0) is 28.2 Å². The summed E-state index contributed by atoms with van der Waals surface area (Å²) in [6, 6.07) is 13.1. The Morgan fingerprint density at radius 1 is 1.13 bits per heavy atom. The summed E-state index contributed by atoms with van der Waals surface area (Å²) in [5.41, 5.74) is 3.36. The average Bonchev–Trinajstić information content (AvgIpc) is 2.65. The second-order valence-electron chi connectivity index (χ2n) is 9.01. The van der Waals surface area contributed by atoms with Crippen LogP contribution in [0.5, 0.6) is 5.75 Å². The van der Waals surface area contributed by atoms with Gasteiger partial charge in [-0.3, -0.25) is 4.99 Å². The van der Waals surface area contributed by atoms with Crippen molar-refractivity contribution in [3.05, 3.63) is 63.6 Å². The van der Waals surface area contributed by atoms with Crippen LogP contribution in [0.25, 0.3) is 0 Å². The van der Waals surface area contributed by atoms with Gasteiger partial charge in [-0.25, -0.2) is 8.42 Å². The van der Waals surface area contributed by atoms with Crippen LogP contribution in [0.2, 0.25) is 0 Å². The van der Waals surface area contributed by atoms with Gasteiger partial charge in [0.1, 0.15) is 5.75 Å². The van der Waals surface area contributed by atoms with Gasteiger partial charge < -0.3 is 10.2 Å². The van der Waals surface area contributed by atoms with E-state index < -0.39 is 21.9 Å². The number of rotatable bonds is 4. The maximum atomic E-state index is 12.5. The van der Waals surface area contributed by atoms with Crippen LogP contribution < -0.4 is 0 Å². The molecule has 1 fully saturated rings. The number of aliphatic imine (C=N–C) groups is 1. The van der Waals surface area contributed by atoms with Gasteiger partial charge in [-0.05, 0) is 56.6 Å². The zero-order valence-electron chi connectivity index (χ0n) is 17.5. The minimum absolute atomic E-state index is 0.0142. The van der Waals surface area contributed by atoms with Crippen molar-refractivity contribution in [2.45, 2.75) is 45.3 Å². The predicted molar refractivity (Wildman–Crippen MR) is 124 cm³/mol. The number of phenolic OH excluding ortho intramolecular Hbond substituents is 1. The lowest BCUT2D eigenvalue weighted by atomic mass is 9.86. The lowest BCUT2D eigenvalue weighted by molar-refractivity contribution is 0.178. The van der Waals surface area contributed by atoms with Crippen molar-refractivity contribution < 1.29 is 18.6 Å². The fraction of sp³-hybridized carbons (Fsp3) is 0.435. The summed E-state index contributed by atoms with van der Waals surface area (Å²) in [5, 5.41) is 20.5. The van der Waals surface area contributed by atoms with Crippen molar-refractivity contribution in [1.29, 1.82) is 0 Å². The standard InChI is InChI=1S/C23H28BrNO4S/c1-23(2,3)18-6-4-5-16(10-18)12-25-20-14-30(28,29)13-17(22(20)27)9-15-7-8-21(26)19(24)11-15/h4-8,10-11,17,22,26-27H,9,12-14H2,1-3H3/b25-20+/t17-,22+/m1/s1. The van der Waals surface area contributed by atoms with E-state index in [4.69, 9.17) is 0 Å². The number of nitrogens with zero attached hydrogens (tertiary/aromatic N) is 1. The van der Waals surface area contributed by atoms with E-state index in [0.29, 0.717) is 23.1 Å². The van der Waals surface area contributed by atoms with Gasteiger partial charge in [0.05, 0.1) is 34.3 Å². The number of aliphatic hydroxyl groups excluding tert-OH is 1. The van der Waals surface area contributed by atoms with E-state index in [9.17, 15) is 18.6 Å². The van der Waals surface area contributed by atoms with E-state index in [1.165, 1.54) is 5.56 Å². The highest BCUT2D eigenvalue weighted by atomic mass is 79.9. The van der Waals surface area contributed by atoms with Gasteiger partial charge in [-0.1, -0.05) is 51.1 Å². The smallest absolute Gasteiger partial charge is 0.156 e. The Morgan fingerprint density at radius 2 is 1.87 bits per heavy atom. The molecule has 1 aliphatic rings. The molecular weight excluding hydrogens is 466 g/mol. The van der Waals surface area contributed by atoms with Gasteiger partial charge in [0.15, 0.2) is 9.84 Å². The predicted octanol–water partition coefficient (Wildman–Crippen LogP) is 4.04. The molecule has 0 bridgehead atoms. The normalized spacial score (nSPS) is 22.9. The maximum Gasteiger partial charge on any atom is 0.156 e. The number of halogens is 1. The Morgan fingerprint density at radius 3 is 2.53 bits per heavy atom. The third-order valence-corrected chi connectivity index (χ3v) is 7.70. The number of aliphatic hydroxyl groups is 1. The minimum atomic E-state index is -3.34. The Labute approximate surface area is 186 Å². The Balaban J connectivity index is 1.81. The van der Waals surface area contributed by atoms with E-state index >= 15 is 0 Å². The molecule has 2 aromatic carbocycles. The third-order valence-electron chi connectivity index (χ3n) is 5.39. The first-order chi connectivity index (χ1) is 13.9. The van der Waals surface area contributed by atoms with E-state index in [0.717, 1.165) is 11.1 Å². The number of hydrogen-bond donors (Lipinski definition) is 2. The van der Waals surface area contributed by atoms with Gasteiger partial charge in [-0.15, -0.1) is 0 Å². The van der Waals surface area contributed by atoms with Crippen molar-refractivity contribution >= 4 is 31.5 Å². The van der Waals surface area contributed by atoms with Crippen molar-refractivity contribution in [3.8, 4) is 5.75 Å². The van der Waals surface area contributed by atoms with E-state index in [1.54, 1.807) is 18.2 Å². The Bertz CT molecular complexity index is 1060. The summed E-state index contributed by atoms with van der Waals surface area (Å²) in [4.78, 5) is 4.52. The van der Waals surface area contributed by atoms with Crippen LogP contribution >= 0.6 is 15.9 Å². The van der Waals surface area contributed by atoms with E-state index in [-0.39, 0.29) is 22.7 Å². The lowest BCUT2D eigenvalue weighted by Crippen LogP contribution is -2.45. The highest BCUT2D eigenvalue weighted by Gasteiger charge is 2.36. The van der Waals surface area contributed by atoms with E-state index in [2.05, 4.69) is 53.8 Å². The fourth-order valence-electron chi connectivity index (χ4n) is 3.68. The quantitative estimate of drug-likeness (QED) is 0.672. The topological polar surface area (TPSA) is 87.0 Å². The molecular formula is C23H28BrNO4S. The summed E-state index contributed by atoms with van der Waals surface area (Å²) >= 11 is 3.28. The molecule has 0 aromatic heterocycles. The van der Waals surface area contributed by atoms with Crippen LogP contribution in [0.4, 0.5) is 0 Å². The summed E-state index contributed by atoms with van der Waals surface area (Å²) in [6.45, 7) is 6.76. The summed E-state index contributed by atoms with van der Waals surface area (Å²) in [7, 11) is -3.34. The second-order valence-corrected chi connectivity index (χ2v) is 12.0.